The molecule has 4 nitrogen and oxygen atoms in total. The Balaban J connectivity index is 2.96. The van der Waals surface area contributed by atoms with E-state index < -0.39 is 7.60 Å². The standard InChI is InChI=1S/C11H18NO3P/c1-4-14-16(13,15-5-2)11-8-6-10(12-3)7-9-11/h6-9,12H,4-5H2,1-3H3. The lowest BCUT2D eigenvalue weighted by Gasteiger charge is -2.17. The van der Waals surface area contributed by atoms with E-state index in [1.165, 1.54) is 0 Å². The van der Waals surface area contributed by atoms with Crippen LogP contribution in [-0.2, 0) is 13.6 Å². The highest BCUT2D eigenvalue weighted by atomic mass is 31.2. The third-order valence-electron chi connectivity index (χ3n) is 2.07. The van der Waals surface area contributed by atoms with Gasteiger partial charge < -0.3 is 14.4 Å². The van der Waals surface area contributed by atoms with Gasteiger partial charge in [0.1, 0.15) is 0 Å². The molecule has 0 radical (unpaired) electrons. The maximum Gasteiger partial charge on any atom is 0.361 e. The van der Waals surface area contributed by atoms with Crippen molar-refractivity contribution in [2.24, 2.45) is 0 Å². The van der Waals surface area contributed by atoms with Gasteiger partial charge in [-0.25, -0.2) is 0 Å². The summed E-state index contributed by atoms with van der Waals surface area (Å²) >= 11 is 0. The minimum absolute atomic E-state index is 0.366. The molecule has 16 heavy (non-hydrogen) atoms. The molecule has 1 N–H and O–H groups in total. The second-order valence-electron chi connectivity index (χ2n) is 3.13. The zero-order valence-electron chi connectivity index (χ0n) is 9.90. The quantitative estimate of drug-likeness (QED) is 0.780. The maximum atomic E-state index is 12.3. The van der Waals surface area contributed by atoms with E-state index >= 15 is 0 Å². The molecule has 0 amide bonds. The van der Waals surface area contributed by atoms with Crippen LogP contribution in [-0.4, -0.2) is 20.3 Å². The molecule has 1 aromatic rings. The first-order chi connectivity index (χ1) is 7.66. The van der Waals surface area contributed by atoms with Gasteiger partial charge in [-0.1, -0.05) is 0 Å². The lowest BCUT2D eigenvalue weighted by Crippen LogP contribution is -2.10. The minimum Gasteiger partial charge on any atom is -0.388 e. The van der Waals surface area contributed by atoms with Gasteiger partial charge in [0.25, 0.3) is 0 Å². The molecular formula is C11H18NO3P. The molecule has 0 saturated heterocycles. The number of hydrogen-bond donors (Lipinski definition) is 1. The van der Waals surface area contributed by atoms with Crippen molar-refractivity contribution < 1.29 is 13.6 Å². The highest BCUT2D eigenvalue weighted by molar-refractivity contribution is 7.62. The van der Waals surface area contributed by atoms with Crippen molar-refractivity contribution >= 4 is 18.6 Å². The van der Waals surface area contributed by atoms with Gasteiger partial charge in [0.2, 0.25) is 0 Å². The van der Waals surface area contributed by atoms with E-state index in [4.69, 9.17) is 9.05 Å². The van der Waals surface area contributed by atoms with Crippen LogP contribution in [0.15, 0.2) is 24.3 Å². The summed E-state index contributed by atoms with van der Waals surface area (Å²) in [6.07, 6.45) is 0. The van der Waals surface area contributed by atoms with Crippen molar-refractivity contribution in [2.45, 2.75) is 13.8 Å². The van der Waals surface area contributed by atoms with Gasteiger partial charge in [0.15, 0.2) is 0 Å². The van der Waals surface area contributed by atoms with Crippen molar-refractivity contribution in [1.82, 2.24) is 0 Å². The first-order valence-electron chi connectivity index (χ1n) is 5.33. The molecule has 90 valence electrons. The molecule has 0 aromatic heterocycles. The first-order valence-corrected chi connectivity index (χ1v) is 6.88. The Labute approximate surface area is 96.5 Å². The predicted octanol–water partition coefficient (Wildman–Crippen LogP) is 2.62. The number of anilines is 1. The lowest BCUT2D eigenvalue weighted by atomic mass is 10.3. The summed E-state index contributed by atoms with van der Waals surface area (Å²) in [5.41, 5.74) is 0.961. The highest BCUT2D eigenvalue weighted by Gasteiger charge is 2.26. The average molecular weight is 243 g/mol. The van der Waals surface area contributed by atoms with Crippen LogP contribution >= 0.6 is 7.60 Å². The van der Waals surface area contributed by atoms with E-state index in [1.807, 2.05) is 19.2 Å². The van der Waals surface area contributed by atoms with E-state index in [1.54, 1.807) is 26.0 Å². The fourth-order valence-corrected chi connectivity index (χ4v) is 2.90. The van der Waals surface area contributed by atoms with Gasteiger partial charge in [0, 0.05) is 12.7 Å². The fraction of sp³-hybridized carbons (Fsp3) is 0.455. The van der Waals surface area contributed by atoms with Gasteiger partial charge in [0.05, 0.1) is 18.5 Å². The number of hydrogen-bond acceptors (Lipinski definition) is 4. The summed E-state index contributed by atoms with van der Waals surface area (Å²) in [7, 11) is -1.30. The molecule has 0 bridgehead atoms. The predicted molar refractivity (Wildman–Crippen MR) is 66.5 cm³/mol. The van der Waals surface area contributed by atoms with E-state index in [2.05, 4.69) is 5.32 Å². The summed E-state index contributed by atoms with van der Waals surface area (Å²) in [4.78, 5) is 0. The topological polar surface area (TPSA) is 47.6 Å². The van der Waals surface area contributed by atoms with Crippen LogP contribution in [0.5, 0.6) is 0 Å². The monoisotopic (exact) mass is 243 g/mol. The third-order valence-corrected chi connectivity index (χ3v) is 4.20. The lowest BCUT2D eigenvalue weighted by molar-refractivity contribution is 0.230. The summed E-state index contributed by atoms with van der Waals surface area (Å²) in [5, 5.41) is 3.59. The zero-order valence-corrected chi connectivity index (χ0v) is 10.8. The first kappa shape index (κ1) is 13.2. The molecule has 1 rings (SSSR count). The fourth-order valence-electron chi connectivity index (χ4n) is 1.34. The van der Waals surface area contributed by atoms with Crippen molar-refractivity contribution in [3.63, 3.8) is 0 Å². The van der Waals surface area contributed by atoms with E-state index in [0.29, 0.717) is 18.5 Å². The molecule has 5 heteroatoms. The van der Waals surface area contributed by atoms with Gasteiger partial charge >= 0.3 is 7.60 Å². The molecule has 0 saturated carbocycles. The summed E-state index contributed by atoms with van der Waals surface area (Å²) in [6.45, 7) is 4.33. The number of nitrogens with one attached hydrogen (secondary N) is 1. The van der Waals surface area contributed by atoms with E-state index in [-0.39, 0.29) is 0 Å². The van der Waals surface area contributed by atoms with Gasteiger partial charge in [-0.15, -0.1) is 0 Å². The van der Waals surface area contributed by atoms with Gasteiger partial charge in [-0.3, -0.25) is 4.57 Å². The number of benzene rings is 1. The Morgan fingerprint density at radius 2 is 1.62 bits per heavy atom. The smallest absolute Gasteiger partial charge is 0.361 e. The van der Waals surface area contributed by atoms with Crippen LogP contribution in [0.1, 0.15) is 13.8 Å². The Morgan fingerprint density at radius 3 is 2.00 bits per heavy atom. The summed E-state index contributed by atoms with van der Waals surface area (Å²) in [5.74, 6) is 0. The summed E-state index contributed by atoms with van der Waals surface area (Å²) < 4.78 is 22.8. The van der Waals surface area contributed by atoms with Crippen molar-refractivity contribution in [2.75, 3.05) is 25.6 Å². The van der Waals surface area contributed by atoms with E-state index in [0.717, 1.165) is 5.69 Å². The minimum atomic E-state index is -3.13. The van der Waals surface area contributed by atoms with Crippen molar-refractivity contribution in [3.8, 4) is 0 Å². The normalized spacial score (nSPS) is 11.4. The second-order valence-corrected chi connectivity index (χ2v) is 5.16. The SMILES string of the molecule is CCOP(=O)(OCC)c1ccc(NC)cc1. The molecule has 0 aliphatic carbocycles. The molecule has 0 spiro atoms. The zero-order chi connectivity index (χ0) is 12.0. The van der Waals surface area contributed by atoms with Crippen molar-refractivity contribution in [1.29, 1.82) is 0 Å². The van der Waals surface area contributed by atoms with Gasteiger partial charge in [-0.2, -0.15) is 0 Å². The van der Waals surface area contributed by atoms with Crippen LogP contribution in [0.2, 0.25) is 0 Å². The second kappa shape index (κ2) is 6.04. The maximum absolute atomic E-state index is 12.3. The third kappa shape index (κ3) is 3.08. The largest absolute Gasteiger partial charge is 0.388 e. The molecular weight excluding hydrogens is 225 g/mol. The van der Waals surface area contributed by atoms with E-state index in [9.17, 15) is 4.57 Å². The van der Waals surface area contributed by atoms with Crippen LogP contribution in [0.4, 0.5) is 5.69 Å². The Kier molecular flexibility index (Phi) is 5.00. The molecule has 0 heterocycles. The molecule has 1 aromatic carbocycles. The molecule has 0 aliphatic heterocycles. The Hall–Kier alpha value is -0.830. The van der Waals surface area contributed by atoms with Crippen molar-refractivity contribution in [3.05, 3.63) is 24.3 Å². The molecule has 0 atom stereocenters. The number of rotatable bonds is 6. The molecule has 0 fully saturated rings. The van der Waals surface area contributed by atoms with Crippen LogP contribution in [0.25, 0.3) is 0 Å². The highest BCUT2D eigenvalue weighted by Crippen LogP contribution is 2.46. The Bertz CT molecular complexity index is 354. The van der Waals surface area contributed by atoms with Crippen LogP contribution in [0, 0.1) is 0 Å². The van der Waals surface area contributed by atoms with Crippen LogP contribution < -0.4 is 10.6 Å². The molecule has 0 aliphatic rings. The van der Waals surface area contributed by atoms with Gasteiger partial charge in [-0.05, 0) is 38.1 Å². The summed E-state index contributed by atoms with van der Waals surface area (Å²) in [6, 6.07) is 7.22. The molecule has 0 unspecified atom stereocenters. The Morgan fingerprint density at radius 1 is 1.12 bits per heavy atom. The average Bonchev–Trinajstić information content (AvgIpc) is 2.30. The van der Waals surface area contributed by atoms with Crippen LogP contribution in [0.3, 0.4) is 0 Å².